The maximum atomic E-state index is 14.0. The van der Waals surface area contributed by atoms with Crippen LogP contribution in [0, 0.1) is 5.82 Å². The van der Waals surface area contributed by atoms with Crippen molar-refractivity contribution in [1.29, 1.82) is 0 Å². The minimum absolute atomic E-state index is 0.0814. The predicted octanol–water partition coefficient (Wildman–Crippen LogP) is 3.06. The van der Waals surface area contributed by atoms with E-state index in [0.717, 1.165) is 12.1 Å². The van der Waals surface area contributed by atoms with Crippen molar-refractivity contribution < 1.29 is 31.9 Å². The molecule has 0 aliphatic rings. The predicted molar refractivity (Wildman–Crippen MR) is 125 cm³/mol. The van der Waals surface area contributed by atoms with Crippen LogP contribution in [0.1, 0.15) is 6.42 Å². The number of halogens is 1. The number of benzene rings is 2. The molecule has 180 valence electrons. The van der Waals surface area contributed by atoms with E-state index < -0.39 is 38.8 Å². The van der Waals surface area contributed by atoms with Crippen molar-refractivity contribution in [2.75, 3.05) is 43.0 Å². The molecule has 0 aliphatic carbocycles. The van der Waals surface area contributed by atoms with Crippen LogP contribution in [0.5, 0.6) is 0 Å². The van der Waals surface area contributed by atoms with Gasteiger partial charge >= 0.3 is 6.09 Å². The molecule has 0 spiro atoms. The third-order valence-corrected chi connectivity index (χ3v) is 6.40. The third kappa shape index (κ3) is 8.65. The average molecular weight is 500 g/mol. The summed E-state index contributed by atoms with van der Waals surface area (Å²) in [7, 11) is -2.79. The smallest absolute Gasteiger partial charge is 0.411 e. The molecule has 0 bridgehead atoms. The van der Waals surface area contributed by atoms with Gasteiger partial charge < -0.3 is 14.8 Å². The van der Waals surface area contributed by atoms with Gasteiger partial charge in [-0.1, -0.05) is 18.2 Å². The molecule has 0 aliphatic heterocycles. The highest BCUT2D eigenvalue weighted by Crippen LogP contribution is 2.18. The number of sulfonamides is 1. The lowest BCUT2D eigenvalue weighted by molar-refractivity contribution is -0.117. The Balaban J connectivity index is 2.10. The highest BCUT2D eigenvalue weighted by atomic mass is 32.2. The van der Waals surface area contributed by atoms with E-state index in [0.29, 0.717) is 17.1 Å². The van der Waals surface area contributed by atoms with Gasteiger partial charge in [-0.05, 0) is 48.8 Å². The fraction of sp³-hybridized carbons (Fsp3) is 0.333. The molecule has 0 saturated carbocycles. The Morgan fingerprint density at radius 1 is 1.06 bits per heavy atom. The van der Waals surface area contributed by atoms with Crippen LogP contribution in [0.15, 0.2) is 53.4 Å². The van der Waals surface area contributed by atoms with Crippen LogP contribution in [0.4, 0.5) is 20.6 Å². The zero-order valence-corrected chi connectivity index (χ0v) is 19.8. The molecule has 33 heavy (non-hydrogen) atoms. The second-order valence-corrected chi connectivity index (χ2v) is 9.38. The van der Waals surface area contributed by atoms with Crippen LogP contribution in [-0.2, 0) is 24.3 Å². The van der Waals surface area contributed by atoms with Gasteiger partial charge in [0.15, 0.2) is 0 Å². The summed E-state index contributed by atoms with van der Waals surface area (Å²) in [5.74, 6) is -1.04. The molecule has 0 fully saturated rings. The molecule has 0 saturated heterocycles. The Bertz CT molecular complexity index is 1050. The van der Waals surface area contributed by atoms with Gasteiger partial charge in [-0.3, -0.25) is 10.1 Å². The fourth-order valence-corrected chi connectivity index (χ4v) is 4.45. The Labute approximate surface area is 196 Å². The molecule has 2 aromatic carbocycles. The van der Waals surface area contributed by atoms with Gasteiger partial charge in [-0.15, -0.1) is 0 Å². The Morgan fingerprint density at radius 2 is 1.76 bits per heavy atom. The lowest BCUT2D eigenvalue weighted by atomic mass is 10.2. The summed E-state index contributed by atoms with van der Waals surface area (Å²) in [6.07, 6.45) is 1.32. The Morgan fingerprint density at radius 3 is 2.42 bits per heavy atom. The first-order valence-corrected chi connectivity index (χ1v) is 12.7. The summed E-state index contributed by atoms with van der Waals surface area (Å²) in [6.45, 7) is 0.335. The number of methoxy groups -OCH3 is 1. The molecule has 2 rings (SSSR count). The fourth-order valence-electron chi connectivity index (χ4n) is 2.67. The number of ether oxygens (including phenoxy) is 2. The van der Waals surface area contributed by atoms with Gasteiger partial charge in [0.25, 0.3) is 0 Å². The lowest BCUT2D eigenvalue weighted by Gasteiger charge is -2.19. The minimum Gasteiger partial charge on any atom is -0.447 e. The van der Waals surface area contributed by atoms with Crippen LogP contribution >= 0.6 is 11.8 Å². The van der Waals surface area contributed by atoms with Crippen LogP contribution < -0.4 is 15.4 Å². The van der Waals surface area contributed by atoms with Crippen molar-refractivity contribution in [3.05, 3.63) is 54.3 Å². The maximum absolute atomic E-state index is 14.0. The van der Waals surface area contributed by atoms with E-state index in [1.807, 2.05) is 6.26 Å². The molecule has 0 heterocycles. The van der Waals surface area contributed by atoms with Gasteiger partial charge in [0.2, 0.25) is 15.9 Å². The van der Waals surface area contributed by atoms with Crippen molar-refractivity contribution in [2.24, 2.45) is 0 Å². The van der Waals surface area contributed by atoms with Crippen LogP contribution in [0.25, 0.3) is 0 Å². The van der Waals surface area contributed by atoms with Crippen molar-refractivity contribution in [1.82, 2.24) is 4.72 Å². The average Bonchev–Trinajstić information content (AvgIpc) is 2.77. The zero-order valence-electron chi connectivity index (χ0n) is 18.2. The maximum Gasteiger partial charge on any atom is 0.411 e. The first-order valence-electron chi connectivity index (χ1n) is 9.86. The summed E-state index contributed by atoms with van der Waals surface area (Å²) in [4.78, 5) is 24.1. The van der Waals surface area contributed by atoms with Crippen molar-refractivity contribution in [2.45, 2.75) is 17.4 Å². The van der Waals surface area contributed by atoms with Gasteiger partial charge in [-0.2, -0.15) is 16.5 Å². The van der Waals surface area contributed by atoms with E-state index in [1.54, 1.807) is 18.2 Å². The van der Waals surface area contributed by atoms with E-state index in [-0.39, 0.29) is 19.6 Å². The number of carbonyl (C=O) groups is 2. The lowest BCUT2D eigenvalue weighted by Crippen LogP contribution is -2.44. The summed E-state index contributed by atoms with van der Waals surface area (Å²) < 4.78 is 51.3. The van der Waals surface area contributed by atoms with Gasteiger partial charge in [-0.25, -0.2) is 17.6 Å². The summed E-state index contributed by atoms with van der Waals surface area (Å²) >= 11 is 1.44. The van der Waals surface area contributed by atoms with E-state index >= 15 is 0 Å². The molecule has 2 aromatic rings. The highest BCUT2D eigenvalue weighted by Gasteiger charge is 2.27. The summed E-state index contributed by atoms with van der Waals surface area (Å²) in [5, 5.41) is 5.14. The number of rotatable bonds is 12. The number of thioether (sulfide) groups is 1. The Hall–Kier alpha value is -2.67. The third-order valence-electron chi connectivity index (χ3n) is 4.25. The molecule has 1 unspecified atom stereocenters. The van der Waals surface area contributed by atoms with Crippen molar-refractivity contribution >= 4 is 45.2 Å². The minimum atomic E-state index is -4.27. The summed E-state index contributed by atoms with van der Waals surface area (Å²) in [5.41, 5.74) is 0.691. The normalized spacial score (nSPS) is 12.1. The molecule has 3 N–H and O–H groups in total. The second-order valence-electron chi connectivity index (χ2n) is 6.71. The highest BCUT2D eigenvalue weighted by molar-refractivity contribution is 7.98. The zero-order chi connectivity index (χ0) is 24.3. The number of anilines is 2. The Kier molecular flexibility index (Phi) is 10.6. The topological polar surface area (TPSA) is 123 Å². The quantitative estimate of drug-likeness (QED) is 0.384. The van der Waals surface area contributed by atoms with E-state index in [2.05, 4.69) is 15.4 Å². The molecule has 9 nitrogen and oxygen atoms in total. The molecule has 2 amide bonds. The first-order chi connectivity index (χ1) is 15.8. The SMILES string of the molecule is COCCOC(=O)Nc1cccc(NC(=O)C(CCSC)NS(=O)(=O)c2ccccc2F)c1. The number of carbonyl (C=O) groups excluding carboxylic acids is 2. The van der Waals surface area contributed by atoms with Crippen molar-refractivity contribution in [3.63, 3.8) is 0 Å². The number of hydrogen-bond acceptors (Lipinski definition) is 7. The molecule has 1 atom stereocenters. The second kappa shape index (κ2) is 13.1. The van der Waals surface area contributed by atoms with Crippen molar-refractivity contribution in [3.8, 4) is 0 Å². The van der Waals surface area contributed by atoms with Gasteiger partial charge in [0.1, 0.15) is 23.4 Å². The van der Waals surface area contributed by atoms with Gasteiger partial charge in [0.05, 0.1) is 6.61 Å². The first kappa shape index (κ1) is 26.6. The summed E-state index contributed by atoms with van der Waals surface area (Å²) in [6, 6.07) is 10.1. The van der Waals surface area contributed by atoms with E-state index in [9.17, 15) is 22.4 Å². The molecular weight excluding hydrogens is 473 g/mol. The molecule has 0 aromatic heterocycles. The number of nitrogens with one attached hydrogen (secondary N) is 3. The molecular formula is C21H26FN3O6S2. The largest absolute Gasteiger partial charge is 0.447 e. The van der Waals surface area contributed by atoms with Crippen LogP contribution in [-0.4, -0.2) is 58.8 Å². The number of amides is 2. The monoisotopic (exact) mass is 499 g/mol. The van der Waals surface area contributed by atoms with E-state index in [1.165, 1.54) is 37.1 Å². The van der Waals surface area contributed by atoms with Gasteiger partial charge in [0, 0.05) is 18.5 Å². The van der Waals surface area contributed by atoms with Crippen LogP contribution in [0.3, 0.4) is 0 Å². The van der Waals surface area contributed by atoms with E-state index in [4.69, 9.17) is 9.47 Å². The van der Waals surface area contributed by atoms with Crippen LogP contribution in [0.2, 0.25) is 0 Å². The standard InChI is InChI=1S/C21H26FN3O6S2/c1-30-11-12-31-21(27)24-16-7-5-6-15(14-16)23-20(26)18(10-13-32-2)25-33(28,29)19-9-4-3-8-17(19)22/h3-9,14,18,25H,10-13H2,1-2H3,(H,23,26)(H,24,27). The molecule has 0 radical (unpaired) electrons. The number of hydrogen-bond donors (Lipinski definition) is 3. The molecule has 12 heteroatoms.